The molecule has 0 radical (unpaired) electrons. The Labute approximate surface area is 224 Å². The number of imidazole rings is 1. The van der Waals surface area contributed by atoms with Crippen LogP contribution in [-0.4, -0.2) is 46.6 Å². The molecule has 0 saturated heterocycles. The highest BCUT2D eigenvalue weighted by Crippen LogP contribution is 2.28. The van der Waals surface area contributed by atoms with Crippen LogP contribution < -0.4 is 4.72 Å². The fraction of sp³-hybridized carbons (Fsp3) is 0.143. The molecule has 10 nitrogen and oxygen atoms in total. The molecule has 0 saturated carbocycles. The molecule has 11 heteroatoms. The molecular formula is C28H25N5O5S. The summed E-state index contributed by atoms with van der Waals surface area (Å²) in [5, 5.41) is 6.98. The predicted molar refractivity (Wildman–Crippen MR) is 145 cm³/mol. The average Bonchev–Trinajstić information content (AvgIpc) is 3.57. The Hall–Kier alpha value is -4.77. The molecule has 39 heavy (non-hydrogen) atoms. The number of hydrogen-bond donors (Lipinski definition) is 2. The van der Waals surface area contributed by atoms with E-state index in [0.29, 0.717) is 23.3 Å². The van der Waals surface area contributed by atoms with Gasteiger partial charge >= 0.3 is 6.09 Å². The van der Waals surface area contributed by atoms with Crippen LogP contribution in [0.5, 0.6) is 0 Å². The SMILES string of the molecule is CC(=O)c1ccc2c(c1)nc(-c1ccn[nH]1)n2-c1ccc(CCOC(=O)NS(=O)(=O)c2ccc(C)cc2)cc1. The van der Waals surface area contributed by atoms with Gasteiger partial charge in [-0.2, -0.15) is 5.10 Å². The van der Waals surface area contributed by atoms with E-state index in [2.05, 4.69) is 10.2 Å². The third-order valence-electron chi connectivity index (χ3n) is 6.17. The van der Waals surface area contributed by atoms with E-state index < -0.39 is 16.1 Å². The summed E-state index contributed by atoms with van der Waals surface area (Å²) in [5.41, 5.74) is 5.43. The van der Waals surface area contributed by atoms with Crippen molar-refractivity contribution in [3.05, 3.63) is 95.7 Å². The third kappa shape index (κ3) is 5.58. The monoisotopic (exact) mass is 543 g/mol. The normalized spacial score (nSPS) is 11.4. The summed E-state index contributed by atoms with van der Waals surface area (Å²) in [6.07, 6.45) is 0.995. The topological polar surface area (TPSA) is 136 Å². The molecule has 0 atom stereocenters. The molecule has 0 aliphatic heterocycles. The van der Waals surface area contributed by atoms with Gasteiger partial charge in [-0.25, -0.2) is 22.9 Å². The largest absolute Gasteiger partial charge is 0.448 e. The number of H-pyrrole nitrogens is 1. The maximum absolute atomic E-state index is 12.4. The highest BCUT2D eigenvalue weighted by atomic mass is 32.2. The standard InChI is InChI=1S/C28H25N5O5S/c1-18-3-10-23(11-4-18)39(36,37)32-28(35)38-16-14-20-5-8-22(9-6-20)33-26-12-7-21(19(2)34)17-25(26)30-27(33)24-13-15-29-31-24/h3-13,15,17H,14,16H2,1-2H3,(H,29,31)(H,32,35). The Morgan fingerprint density at radius 2 is 1.74 bits per heavy atom. The third-order valence-corrected chi connectivity index (χ3v) is 7.50. The van der Waals surface area contributed by atoms with Gasteiger partial charge in [0.25, 0.3) is 10.0 Å². The van der Waals surface area contributed by atoms with E-state index in [9.17, 15) is 18.0 Å². The van der Waals surface area contributed by atoms with Crippen LogP contribution >= 0.6 is 0 Å². The number of nitrogens with one attached hydrogen (secondary N) is 2. The van der Waals surface area contributed by atoms with E-state index in [1.165, 1.54) is 19.1 Å². The number of Topliss-reactive ketones (excluding diaryl/α,β-unsaturated/α-hetero) is 1. The Kier molecular flexibility index (Phi) is 6.99. The number of aromatic amines is 1. The van der Waals surface area contributed by atoms with E-state index in [0.717, 1.165) is 28.0 Å². The van der Waals surface area contributed by atoms with Crippen molar-refractivity contribution >= 4 is 32.9 Å². The lowest BCUT2D eigenvalue weighted by Gasteiger charge is -2.11. The van der Waals surface area contributed by atoms with Gasteiger partial charge in [0.2, 0.25) is 0 Å². The molecule has 0 aliphatic rings. The average molecular weight is 544 g/mol. The molecular weight excluding hydrogens is 518 g/mol. The van der Waals surface area contributed by atoms with Crippen LogP contribution in [0.2, 0.25) is 0 Å². The van der Waals surface area contributed by atoms with Crippen LogP contribution in [0.15, 0.2) is 83.9 Å². The van der Waals surface area contributed by atoms with Crippen molar-refractivity contribution in [2.24, 2.45) is 0 Å². The number of carbonyl (C=O) groups is 2. The minimum absolute atomic E-state index is 0.00414. The first-order valence-corrected chi connectivity index (χ1v) is 13.6. The molecule has 0 aliphatic carbocycles. The first-order chi connectivity index (χ1) is 18.7. The molecule has 3 aromatic carbocycles. The summed E-state index contributed by atoms with van der Waals surface area (Å²) in [6, 6.07) is 21.0. The Morgan fingerprint density at radius 1 is 1.00 bits per heavy atom. The van der Waals surface area contributed by atoms with E-state index in [1.807, 2.05) is 52.6 Å². The van der Waals surface area contributed by atoms with Crippen LogP contribution in [0.1, 0.15) is 28.4 Å². The van der Waals surface area contributed by atoms with Crippen molar-refractivity contribution in [1.29, 1.82) is 0 Å². The molecule has 2 aromatic heterocycles. The second-order valence-electron chi connectivity index (χ2n) is 8.97. The van der Waals surface area contributed by atoms with Crippen LogP contribution in [-0.2, 0) is 21.2 Å². The molecule has 1 amide bonds. The zero-order valence-electron chi connectivity index (χ0n) is 21.2. The Bertz CT molecular complexity index is 1760. The molecule has 0 fully saturated rings. The van der Waals surface area contributed by atoms with Crippen molar-refractivity contribution in [3.63, 3.8) is 0 Å². The fourth-order valence-electron chi connectivity index (χ4n) is 4.11. The molecule has 0 unspecified atom stereocenters. The molecule has 5 aromatic rings. The zero-order chi connectivity index (χ0) is 27.6. The summed E-state index contributed by atoms with van der Waals surface area (Å²) in [7, 11) is -4.01. The molecule has 2 heterocycles. The molecule has 2 N–H and O–H groups in total. The highest BCUT2D eigenvalue weighted by Gasteiger charge is 2.19. The van der Waals surface area contributed by atoms with Crippen LogP contribution in [0.25, 0.3) is 28.2 Å². The summed E-state index contributed by atoms with van der Waals surface area (Å²) in [4.78, 5) is 28.7. The highest BCUT2D eigenvalue weighted by molar-refractivity contribution is 7.90. The smallest absolute Gasteiger partial charge is 0.421 e. The maximum Gasteiger partial charge on any atom is 0.421 e. The summed E-state index contributed by atoms with van der Waals surface area (Å²) >= 11 is 0. The summed E-state index contributed by atoms with van der Waals surface area (Å²) in [6.45, 7) is 3.35. The lowest BCUT2D eigenvalue weighted by Crippen LogP contribution is -2.31. The van der Waals surface area contributed by atoms with E-state index in [-0.39, 0.29) is 17.3 Å². The molecule has 0 bridgehead atoms. The van der Waals surface area contributed by atoms with Crippen LogP contribution in [0.3, 0.4) is 0 Å². The van der Waals surface area contributed by atoms with Gasteiger partial charge in [-0.3, -0.25) is 14.5 Å². The number of ketones is 1. The second kappa shape index (κ2) is 10.5. The predicted octanol–water partition coefficient (Wildman–Crippen LogP) is 4.58. The number of rotatable bonds is 8. The second-order valence-corrected chi connectivity index (χ2v) is 10.7. The number of amides is 1. The summed E-state index contributed by atoms with van der Waals surface area (Å²) in [5.74, 6) is 0.605. The number of ether oxygens (including phenoxy) is 1. The number of hydrogen-bond acceptors (Lipinski definition) is 7. The zero-order valence-corrected chi connectivity index (χ0v) is 22.0. The van der Waals surface area contributed by atoms with E-state index >= 15 is 0 Å². The van der Waals surface area contributed by atoms with Crippen LogP contribution in [0, 0.1) is 6.92 Å². The van der Waals surface area contributed by atoms with Gasteiger partial charge in [0.15, 0.2) is 11.6 Å². The van der Waals surface area contributed by atoms with Crippen molar-refractivity contribution in [1.82, 2.24) is 24.5 Å². The van der Waals surface area contributed by atoms with Gasteiger partial charge in [-0.15, -0.1) is 0 Å². The maximum atomic E-state index is 12.4. The van der Waals surface area contributed by atoms with Gasteiger partial charge < -0.3 is 4.74 Å². The van der Waals surface area contributed by atoms with Crippen molar-refractivity contribution in [2.45, 2.75) is 25.2 Å². The lowest BCUT2D eigenvalue weighted by molar-refractivity contribution is 0.101. The Balaban J connectivity index is 1.29. The quantitative estimate of drug-likeness (QED) is 0.273. The van der Waals surface area contributed by atoms with Gasteiger partial charge in [0, 0.05) is 23.9 Å². The number of aromatic nitrogens is 4. The number of fused-ring (bicyclic) bond motifs is 1. The van der Waals surface area contributed by atoms with E-state index in [1.54, 1.807) is 30.5 Å². The van der Waals surface area contributed by atoms with E-state index in [4.69, 9.17) is 9.72 Å². The molecule has 198 valence electrons. The van der Waals surface area contributed by atoms with Crippen molar-refractivity contribution < 1.29 is 22.7 Å². The van der Waals surface area contributed by atoms with Gasteiger partial charge in [0.1, 0.15) is 5.69 Å². The lowest BCUT2D eigenvalue weighted by atomic mass is 10.1. The van der Waals surface area contributed by atoms with Gasteiger partial charge in [-0.1, -0.05) is 29.8 Å². The number of nitrogens with zero attached hydrogens (tertiary/aromatic N) is 3. The van der Waals surface area contributed by atoms with Crippen molar-refractivity contribution in [2.75, 3.05) is 6.61 Å². The number of carbonyl (C=O) groups excluding carboxylic acids is 2. The summed E-state index contributed by atoms with van der Waals surface area (Å²) < 4.78 is 33.7. The minimum atomic E-state index is -4.01. The molecule has 5 rings (SSSR count). The minimum Gasteiger partial charge on any atom is -0.448 e. The molecule has 0 spiro atoms. The number of sulfonamides is 1. The Morgan fingerprint density at radius 3 is 2.41 bits per heavy atom. The fourth-order valence-corrected chi connectivity index (χ4v) is 5.00. The first-order valence-electron chi connectivity index (χ1n) is 12.1. The number of benzene rings is 3. The number of aryl methyl sites for hydroxylation is 1. The van der Waals surface area contributed by atoms with Gasteiger partial charge in [0.05, 0.1) is 22.5 Å². The van der Waals surface area contributed by atoms with Crippen molar-refractivity contribution in [3.8, 4) is 17.2 Å². The first kappa shape index (κ1) is 25.9. The van der Waals surface area contributed by atoms with Gasteiger partial charge in [-0.05, 0) is 67.9 Å². The van der Waals surface area contributed by atoms with Crippen LogP contribution in [0.4, 0.5) is 4.79 Å².